The molecular weight excluding hydrogens is 313 g/mol. The van der Waals surface area contributed by atoms with Crippen molar-refractivity contribution in [2.45, 2.75) is 25.2 Å². The van der Waals surface area contributed by atoms with E-state index in [2.05, 4.69) is 5.32 Å². The SMILES string of the molecule is O=C(NCC1(C(=O)O)CC1)C1CC1c1ccc(Cl)c(Cl)c1. The highest BCUT2D eigenvalue weighted by atomic mass is 35.5. The normalized spacial score (nSPS) is 25.2. The zero-order valence-corrected chi connectivity index (χ0v) is 12.7. The van der Waals surface area contributed by atoms with E-state index in [0.29, 0.717) is 22.9 Å². The maximum Gasteiger partial charge on any atom is 0.311 e. The van der Waals surface area contributed by atoms with Gasteiger partial charge in [0.15, 0.2) is 0 Å². The van der Waals surface area contributed by atoms with Crippen molar-refractivity contribution < 1.29 is 14.7 Å². The van der Waals surface area contributed by atoms with E-state index in [-0.39, 0.29) is 24.3 Å². The maximum atomic E-state index is 12.1. The molecule has 2 fully saturated rings. The Morgan fingerprint density at radius 2 is 2.00 bits per heavy atom. The van der Waals surface area contributed by atoms with E-state index < -0.39 is 11.4 Å². The molecule has 0 radical (unpaired) electrons. The van der Waals surface area contributed by atoms with E-state index in [0.717, 1.165) is 12.0 Å². The molecule has 6 heteroatoms. The molecule has 2 aliphatic carbocycles. The van der Waals surface area contributed by atoms with Crippen LogP contribution in [0.4, 0.5) is 0 Å². The molecule has 2 saturated carbocycles. The summed E-state index contributed by atoms with van der Waals surface area (Å²) in [7, 11) is 0. The molecule has 3 rings (SSSR count). The molecule has 0 spiro atoms. The highest BCUT2D eigenvalue weighted by Gasteiger charge is 2.51. The monoisotopic (exact) mass is 327 g/mol. The number of carbonyl (C=O) groups excluding carboxylic acids is 1. The molecule has 2 N–H and O–H groups in total. The number of hydrogen-bond donors (Lipinski definition) is 2. The first-order valence-corrected chi connectivity index (χ1v) is 7.65. The molecule has 0 bridgehead atoms. The number of aliphatic carboxylic acids is 1. The van der Waals surface area contributed by atoms with Gasteiger partial charge in [-0.25, -0.2) is 0 Å². The number of carboxylic acid groups (broad SMARTS) is 1. The second kappa shape index (κ2) is 5.18. The third kappa shape index (κ3) is 2.87. The van der Waals surface area contributed by atoms with Crippen molar-refractivity contribution in [3.8, 4) is 0 Å². The van der Waals surface area contributed by atoms with Crippen molar-refractivity contribution in [3.05, 3.63) is 33.8 Å². The number of rotatable bonds is 5. The molecule has 1 aromatic rings. The molecular formula is C15H15Cl2NO3. The summed E-state index contributed by atoms with van der Waals surface area (Å²) < 4.78 is 0. The predicted octanol–water partition coefficient (Wildman–Crippen LogP) is 3.08. The number of carbonyl (C=O) groups is 2. The second-order valence-electron chi connectivity index (χ2n) is 5.93. The van der Waals surface area contributed by atoms with Crippen LogP contribution in [0.25, 0.3) is 0 Å². The Balaban J connectivity index is 1.56. The first kappa shape index (κ1) is 14.7. The molecule has 21 heavy (non-hydrogen) atoms. The fraction of sp³-hybridized carbons (Fsp3) is 0.467. The number of nitrogens with one attached hydrogen (secondary N) is 1. The minimum atomic E-state index is -0.820. The molecule has 2 atom stereocenters. The highest BCUT2D eigenvalue weighted by molar-refractivity contribution is 6.42. The Labute approximate surface area is 132 Å². The first-order valence-electron chi connectivity index (χ1n) is 6.89. The summed E-state index contributed by atoms with van der Waals surface area (Å²) in [6, 6.07) is 5.41. The van der Waals surface area contributed by atoms with Gasteiger partial charge in [-0.05, 0) is 42.9 Å². The van der Waals surface area contributed by atoms with Crippen molar-refractivity contribution in [2.75, 3.05) is 6.54 Å². The van der Waals surface area contributed by atoms with Gasteiger partial charge in [0.25, 0.3) is 0 Å². The lowest BCUT2D eigenvalue weighted by molar-refractivity contribution is -0.143. The summed E-state index contributed by atoms with van der Waals surface area (Å²) in [5.74, 6) is -0.829. The van der Waals surface area contributed by atoms with Crippen LogP contribution >= 0.6 is 23.2 Å². The standard InChI is InChI=1S/C15H15Cl2NO3/c16-11-2-1-8(5-12(11)17)9-6-10(9)13(19)18-7-15(3-4-15)14(20)21/h1-2,5,9-10H,3-4,6-7H2,(H,18,19)(H,20,21). The van der Waals surface area contributed by atoms with Crippen molar-refractivity contribution in [1.29, 1.82) is 0 Å². The van der Waals surface area contributed by atoms with Gasteiger partial charge >= 0.3 is 5.97 Å². The van der Waals surface area contributed by atoms with Crippen LogP contribution in [0.1, 0.15) is 30.7 Å². The van der Waals surface area contributed by atoms with Crippen LogP contribution in [-0.4, -0.2) is 23.5 Å². The zero-order valence-electron chi connectivity index (χ0n) is 11.2. The lowest BCUT2D eigenvalue weighted by atomic mass is 10.1. The first-order chi connectivity index (χ1) is 9.93. The van der Waals surface area contributed by atoms with Crippen molar-refractivity contribution in [2.24, 2.45) is 11.3 Å². The van der Waals surface area contributed by atoms with Crippen LogP contribution < -0.4 is 5.32 Å². The van der Waals surface area contributed by atoms with Crippen LogP contribution in [-0.2, 0) is 9.59 Å². The molecule has 112 valence electrons. The minimum absolute atomic E-state index is 0.0707. The smallest absolute Gasteiger partial charge is 0.311 e. The van der Waals surface area contributed by atoms with Gasteiger partial charge in [0.1, 0.15) is 0 Å². The van der Waals surface area contributed by atoms with E-state index in [9.17, 15) is 9.59 Å². The molecule has 2 aliphatic rings. The van der Waals surface area contributed by atoms with Gasteiger partial charge in [-0.1, -0.05) is 29.3 Å². The Bertz CT molecular complexity index is 613. The van der Waals surface area contributed by atoms with Gasteiger partial charge in [0, 0.05) is 12.5 Å². The van der Waals surface area contributed by atoms with Crippen LogP contribution in [0.2, 0.25) is 10.0 Å². The highest BCUT2D eigenvalue weighted by Crippen LogP contribution is 2.49. The van der Waals surface area contributed by atoms with Crippen molar-refractivity contribution in [3.63, 3.8) is 0 Å². The van der Waals surface area contributed by atoms with Gasteiger partial charge < -0.3 is 10.4 Å². The van der Waals surface area contributed by atoms with E-state index in [1.165, 1.54) is 0 Å². The second-order valence-corrected chi connectivity index (χ2v) is 6.74. The molecule has 0 aliphatic heterocycles. The summed E-state index contributed by atoms with van der Waals surface area (Å²) in [5, 5.41) is 12.8. The van der Waals surface area contributed by atoms with Gasteiger partial charge in [-0.15, -0.1) is 0 Å². The third-order valence-electron chi connectivity index (χ3n) is 4.41. The van der Waals surface area contributed by atoms with Gasteiger partial charge in [-0.2, -0.15) is 0 Å². The Morgan fingerprint density at radius 3 is 2.57 bits per heavy atom. The summed E-state index contributed by atoms with van der Waals surface area (Å²) in [6.07, 6.45) is 2.05. The van der Waals surface area contributed by atoms with Crippen LogP contribution in [0.3, 0.4) is 0 Å². The number of carboxylic acids is 1. The Hall–Kier alpha value is -1.26. The summed E-state index contributed by atoms with van der Waals surface area (Å²) in [5.41, 5.74) is 0.285. The summed E-state index contributed by atoms with van der Waals surface area (Å²) in [6.45, 7) is 0.228. The molecule has 0 saturated heterocycles. The van der Waals surface area contributed by atoms with Crippen molar-refractivity contribution >= 4 is 35.1 Å². The Morgan fingerprint density at radius 1 is 1.29 bits per heavy atom. The number of amides is 1. The quantitative estimate of drug-likeness (QED) is 0.873. The molecule has 1 amide bonds. The summed E-state index contributed by atoms with van der Waals surface area (Å²) in [4.78, 5) is 23.1. The van der Waals surface area contributed by atoms with Crippen molar-refractivity contribution in [1.82, 2.24) is 5.32 Å². The van der Waals surface area contributed by atoms with Crippen LogP contribution in [0.5, 0.6) is 0 Å². The van der Waals surface area contributed by atoms with E-state index >= 15 is 0 Å². The number of hydrogen-bond acceptors (Lipinski definition) is 2. The van der Waals surface area contributed by atoms with Crippen LogP contribution in [0.15, 0.2) is 18.2 Å². The molecule has 2 unspecified atom stereocenters. The average Bonchev–Trinajstić information content (AvgIpc) is 3.33. The zero-order chi connectivity index (χ0) is 15.2. The molecule has 1 aromatic carbocycles. The fourth-order valence-electron chi connectivity index (χ4n) is 2.60. The lowest BCUT2D eigenvalue weighted by Gasteiger charge is -2.11. The van der Waals surface area contributed by atoms with Gasteiger partial charge in [0.2, 0.25) is 5.91 Å². The molecule has 0 aromatic heterocycles. The fourth-order valence-corrected chi connectivity index (χ4v) is 2.91. The van der Waals surface area contributed by atoms with E-state index in [1.54, 1.807) is 12.1 Å². The maximum absolute atomic E-state index is 12.1. The topological polar surface area (TPSA) is 66.4 Å². The lowest BCUT2D eigenvalue weighted by Crippen LogP contribution is -2.35. The third-order valence-corrected chi connectivity index (χ3v) is 5.15. The van der Waals surface area contributed by atoms with Gasteiger partial charge in [0.05, 0.1) is 15.5 Å². The van der Waals surface area contributed by atoms with Gasteiger partial charge in [-0.3, -0.25) is 9.59 Å². The predicted molar refractivity (Wildman–Crippen MR) is 79.6 cm³/mol. The largest absolute Gasteiger partial charge is 0.481 e. The van der Waals surface area contributed by atoms with E-state index in [1.807, 2.05) is 6.07 Å². The van der Waals surface area contributed by atoms with E-state index in [4.69, 9.17) is 28.3 Å². The molecule has 4 nitrogen and oxygen atoms in total. The average molecular weight is 328 g/mol. The van der Waals surface area contributed by atoms with Crippen LogP contribution in [0, 0.1) is 11.3 Å². The number of benzene rings is 1. The minimum Gasteiger partial charge on any atom is -0.481 e. The Kier molecular flexibility index (Phi) is 3.62. The molecule has 0 heterocycles. The summed E-state index contributed by atoms with van der Waals surface area (Å²) >= 11 is 11.9. The number of halogens is 2.